The minimum absolute atomic E-state index is 0.0603. The number of benzene rings is 1. The van der Waals surface area contributed by atoms with Crippen molar-refractivity contribution in [2.45, 2.75) is 20.3 Å². The van der Waals surface area contributed by atoms with Crippen LogP contribution in [0.25, 0.3) is 11.0 Å². The number of nitrogens with zero attached hydrogens (tertiary/aromatic N) is 3. The van der Waals surface area contributed by atoms with Gasteiger partial charge in [-0.25, -0.2) is 0 Å². The third kappa shape index (κ3) is 2.40. The molecule has 3 rings (SSSR count). The average Bonchev–Trinajstić information content (AvgIpc) is 2.96. The SMILES string of the molecule is Cc1nn(C)c(C)c1OC(=O)Cc1noc2ccccc12. The van der Waals surface area contributed by atoms with Crippen LogP contribution in [0.5, 0.6) is 5.75 Å². The van der Waals surface area contributed by atoms with E-state index in [1.165, 1.54) is 0 Å². The molecule has 0 aliphatic rings. The van der Waals surface area contributed by atoms with Crippen LogP contribution in [0.15, 0.2) is 28.8 Å². The summed E-state index contributed by atoms with van der Waals surface area (Å²) in [7, 11) is 1.81. The summed E-state index contributed by atoms with van der Waals surface area (Å²) in [5.74, 6) is 0.128. The number of aryl methyl sites for hydroxylation is 2. The van der Waals surface area contributed by atoms with Crippen LogP contribution in [0.4, 0.5) is 0 Å². The fourth-order valence-corrected chi connectivity index (χ4v) is 2.25. The number of carbonyl (C=O) groups excluding carboxylic acids is 1. The monoisotopic (exact) mass is 285 g/mol. The summed E-state index contributed by atoms with van der Waals surface area (Å²) in [6.07, 6.45) is 0.0603. The third-order valence-corrected chi connectivity index (χ3v) is 3.42. The van der Waals surface area contributed by atoms with Crippen LogP contribution in [-0.4, -0.2) is 20.9 Å². The Bertz CT molecular complexity index is 817. The van der Waals surface area contributed by atoms with Crippen molar-refractivity contribution in [3.05, 3.63) is 41.3 Å². The lowest BCUT2D eigenvalue weighted by Gasteiger charge is -2.03. The second-order valence-corrected chi connectivity index (χ2v) is 4.90. The van der Waals surface area contributed by atoms with Crippen molar-refractivity contribution in [1.82, 2.24) is 14.9 Å². The molecule has 6 nitrogen and oxygen atoms in total. The predicted octanol–water partition coefficient (Wildman–Crippen LogP) is 2.33. The second kappa shape index (κ2) is 5.05. The van der Waals surface area contributed by atoms with Gasteiger partial charge in [0.25, 0.3) is 0 Å². The largest absolute Gasteiger partial charge is 0.422 e. The van der Waals surface area contributed by atoms with Gasteiger partial charge in [-0.05, 0) is 26.0 Å². The van der Waals surface area contributed by atoms with Crippen LogP contribution < -0.4 is 4.74 Å². The zero-order valence-electron chi connectivity index (χ0n) is 12.1. The molecular formula is C15H15N3O3. The molecule has 108 valence electrons. The molecule has 0 amide bonds. The van der Waals surface area contributed by atoms with E-state index in [0.29, 0.717) is 22.7 Å². The quantitative estimate of drug-likeness (QED) is 0.691. The minimum atomic E-state index is -0.381. The minimum Gasteiger partial charge on any atom is -0.422 e. The second-order valence-electron chi connectivity index (χ2n) is 4.90. The van der Waals surface area contributed by atoms with Gasteiger partial charge in [0.05, 0.1) is 12.1 Å². The van der Waals surface area contributed by atoms with Crippen molar-refractivity contribution in [1.29, 1.82) is 0 Å². The summed E-state index contributed by atoms with van der Waals surface area (Å²) in [6.45, 7) is 3.66. The van der Waals surface area contributed by atoms with Gasteiger partial charge in [-0.1, -0.05) is 17.3 Å². The molecule has 0 unspecified atom stereocenters. The normalized spacial score (nSPS) is 11.0. The first-order valence-electron chi connectivity index (χ1n) is 6.60. The molecule has 0 fully saturated rings. The Morgan fingerprint density at radius 2 is 2.10 bits per heavy atom. The Balaban J connectivity index is 1.81. The highest BCUT2D eigenvalue weighted by Crippen LogP contribution is 2.23. The number of para-hydroxylation sites is 1. The van der Waals surface area contributed by atoms with E-state index in [1.807, 2.05) is 38.2 Å². The van der Waals surface area contributed by atoms with Crippen LogP contribution in [0.3, 0.4) is 0 Å². The van der Waals surface area contributed by atoms with E-state index in [4.69, 9.17) is 9.26 Å². The Morgan fingerprint density at radius 3 is 2.81 bits per heavy atom. The summed E-state index contributed by atoms with van der Waals surface area (Å²) in [5.41, 5.74) is 2.74. The molecule has 0 bridgehead atoms. The molecule has 0 N–H and O–H groups in total. The van der Waals surface area contributed by atoms with Crippen molar-refractivity contribution in [3.63, 3.8) is 0 Å². The topological polar surface area (TPSA) is 70.2 Å². The third-order valence-electron chi connectivity index (χ3n) is 3.42. The molecule has 0 aliphatic heterocycles. The Morgan fingerprint density at radius 1 is 1.33 bits per heavy atom. The maximum Gasteiger partial charge on any atom is 0.317 e. The van der Waals surface area contributed by atoms with Crippen LogP contribution >= 0.6 is 0 Å². The summed E-state index contributed by atoms with van der Waals surface area (Å²) in [5, 5.41) is 8.97. The lowest BCUT2D eigenvalue weighted by Crippen LogP contribution is -2.12. The summed E-state index contributed by atoms with van der Waals surface area (Å²) in [6, 6.07) is 7.42. The first-order chi connectivity index (χ1) is 10.1. The fourth-order valence-electron chi connectivity index (χ4n) is 2.25. The summed E-state index contributed by atoms with van der Waals surface area (Å²) in [4.78, 5) is 12.1. The van der Waals surface area contributed by atoms with E-state index in [-0.39, 0.29) is 12.4 Å². The van der Waals surface area contributed by atoms with E-state index < -0.39 is 0 Å². The molecule has 0 aliphatic carbocycles. The highest BCUT2D eigenvalue weighted by molar-refractivity contribution is 5.84. The lowest BCUT2D eigenvalue weighted by molar-refractivity contribution is -0.133. The average molecular weight is 285 g/mol. The van der Waals surface area contributed by atoms with Gasteiger partial charge in [-0.3, -0.25) is 9.48 Å². The number of rotatable bonds is 3. The number of fused-ring (bicyclic) bond motifs is 1. The zero-order valence-corrected chi connectivity index (χ0v) is 12.1. The smallest absolute Gasteiger partial charge is 0.317 e. The number of carbonyl (C=O) groups is 1. The van der Waals surface area contributed by atoms with Gasteiger partial charge in [-0.15, -0.1) is 0 Å². The van der Waals surface area contributed by atoms with Gasteiger partial charge in [0.2, 0.25) is 0 Å². The van der Waals surface area contributed by atoms with E-state index in [9.17, 15) is 4.79 Å². The molecule has 0 spiro atoms. The molecule has 1 aromatic carbocycles. The molecule has 0 atom stereocenters. The molecule has 0 saturated carbocycles. The predicted molar refractivity (Wildman–Crippen MR) is 76.0 cm³/mol. The number of hydrogen-bond donors (Lipinski definition) is 0. The molecule has 21 heavy (non-hydrogen) atoms. The van der Waals surface area contributed by atoms with Crippen molar-refractivity contribution in [3.8, 4) is 5.75 Å². The maximum atomic E-state index is 12.1. The summed E-state index contributed by atoms with van der Waals surface area (Å²) >= 11 is 0. The van der Waals surface area contributed by atoms with Gasteiger partial charge in [-0.2, -0.15) is 5.10 Å². The van der Waals surface area contributed by atoms with Gasteiger partial charge in [0.15, 0.2) is 11.3 Å². The van der Waals surface area contributed by atoms with Crippen LogP contribution in [0.2, 0.25) is 0 Å². The van der Waals surface area contributed by atoms with Gasteiger partial charge >= 0.3 is 5.97 Å². The Hall–Kier alpha value is -2.63. The standard InChI is InChI=1S/C15H15N3O3/c1-9-15(10(2)18(3)16-9)20-14(19)8-12-11-6-4-5-7-13(11)21-17-12/h4-7H,8H2,1-3H3. The lowest BCUT2D eigenvalue weighted by atomic mass is 10.2. The van der Waals surface area contributed by atoms with E-state index in [1.54, 1.807) is 11.6 Å². The van der Waals surface area contributed by atoms with Gasteiger partial charge in [0.1, 0.15) is 11.4 Å². The molecule has 3 aromatic rings. The van der Waals surface area contributed by atoms with Crippen LogP contribution in [0, 0.1) is 13.8 Å². The van der Waals surface area contributed by atoms with Crippen molar-refractivity contribution >= 4 is 16.9 Å². The first kappa shape index (κ1) is 13.4. The zero-order chi connectivity index (χ0) is 15.0. The van der Waals surface area contributed by atoms with Crippen molar-refractivity contribution in [2.24, 2.45) is 7.05 Å². The van der Waals surface area contributed by atoms with Crippen LogP contribution in [0.1, 0.15) is 17.1 Å². The first-order valence-corrected chi connectivity index (χ1v) is 6.60. The fraction of sp³-hybridized carbons (Fsp3) is 0.267. The van der Waals surface area contributed by atoms with Crippen molar-refractivity contribution in [2.75, 3.05) is 0 Å². The maximum absolute atomic E-state index is 12.1. The number of esters is 1. The van der Waals surface area contributed by atoms with Crippen LogP contribution in [-0.2, 0) is 18.3 Å². The molecule has 0 saturated heterocycles. The Kier molecular flexibility index (Phi) is 3.21. The Labute approximate surface area is 121 Å². The summed E-state index contributed by atoms with van der Waals surface area (Å²) < 4.78 is 12.3. The molecular weight excluding hydrogens is 270 g/mol. The molecule has 6 heteroatoms. The number of aromatic nitrogens is 3. The van der Waals surface area contributed by atoms with Gasteiger partial charge in [0, 0.05) is 12.4 Å². The van der Waals surface area contributed by atoms with E-state index in [2.05, 4.69) is 10.3 Å². The number of hydrogen-bond acceptors (Lipinski definition) is 5. The molecule has 2 heterocycles. The van der Waals surface area contributed by atoms with Gasteiger partial charge < -0.3 is 9.26 Å². The molecule has 0 radical (unpaired) electrons. The van der Waals surface area contributed by atoms with E-state index in [0.717, 1.165) is 11.1 Å². The highest BCUT2D eigenvalue weighted by atomic mass is 16.5. The highest BCUT2D eigenvalue weighted by Gasteiger charge is 2.18. The molecule has 2 aromatic heterocycles. The number of ether oxygens (including phenoxy) is 1. The van der Waals surface area contributed by atoms with Crippen molar-refractivity contribution < 1.29 is 14.1 Å². The van der Waals surface area contributed by atoms with E-state index >= 15 is 0 Å².